The number of rotatable bonds is 10. The molecule has 9 heteroatoms. The van der Waals surface area contributed by atoms with Crippen molar-refractivity contribution in [1.29, 1.82) is 0 Å². The zero-order valence-electron chi connectivity index (χ0n) is 18.8. The Kier molecular flexibility index (Phi) is 12.1. The molecule has 0 fully saturated rings. The topological polar surface area (TPSA) is 106 Å². The molecular weight excluding hydrogens is 396 g/mol. The van der Waals surface area contributed by atoms with Crippen LogP contribution in [0.2, 0.25) is 0 Å². The highest BCUT2D eigenvalue weighted by Crippen LogP contribution is 2.10. The average Bonchev–Trinajstić information content (AvgIpc) is 2.54. The van der Waals surface area contributed by atoms with E-state index in [4.69, 9.17) is 26.4 Å². The Morgan fingerprint density at radius 1 is 0.966 bits per heavy atom. The van der Waals surface area contributed by atoms with E-state index in [9.17, 15) is 14.7 Å². The molecule has 0 spiro atoms. The minimum absolute atomic E-state index is 0.190. The number of amides is 2. The fourth-order valence-corrected chi connectivity index (χ4v) is 2.39. The van der Waals surface area contributed by atoms with Crippen LogP contribution in [0.5, 0.6) is 0 Å². The van der Waals surface area contributed by atoms with E-state index in [-0.39, 0.29) is 19.3 Å². The van der Waals surface area contributed by atoms with E-state index in [2.05, 4.69) is 10.6 Å². The van der Waals surface area contributed by atoms with Crippen LogP contribution in [0.25, 0.3) is 0 Å². The molecule has 0 saturated heterocycles. The normalized spacial score (nSPS) is 13.8. The molecule has 2 atom stereocenters. The number of nitrogens with one attached hydrogen (secondary N) is 2. The molecule has 0 unspecified atom stereocenters. The third-order valence-corrected chi connectivity index (χ3v) is 3.86. The van der Waals surface area contributed by atoms with E-state index in [0.29, 0.717) is 30.7 Å². The molecule has 0 rings (SSSR count). The molecule has 0 aliphatic heterocycles. The Hall–Kier alpha value is -1.61. The minimum Gasteiger partial charge on any atom is -0.485 e. The lowest BCUT2D eigenvalue weighted by molar-refractivity contribution is 0.0468. The zero-order valence-corrected chi connectivity index (χ0v) is 19.6. The first kappa shape index (κ1) is 27.4. The fourth-order valence-electron chi connectivity index (χ4n) is 2.18. The molecule has 0 radical (unpaired) electrons. The number of ether oxygens (including phenoxy) is 3. The molecule has 170 valence electrons. The van der Waals surface area contributed by atoms with Crippen molar-refractivity contribution in [2.24, 2.45) is 0 Å². The van der Waals surface area contributed by atoms with Gasteiger partial charge in [0.15, 0.2) is 5.05 Å². The van der Waals surface area contributed by atoms with Gasteiger partial charge in [0, 0.05) is 6.42 Å². The van der Waals surface area contributed by atoms with Crippen LogP contribution >= 0.6 is 12.2 Å². The van der Waals surface area contributed by atoms with Gasteiger partial charge >= 0.3 is 12.2 Å². The van der Waals surface area contributed by atoms with Crippen LogP contribution in [-0.4, -0.2) is 58.8 Å². The molecule has 2 amide bonds. The lowest BCUT2D eigenvalue weighted by atomic mass is 10.1. The van der Waals surface area contributed by atoms with E-state index >= 15 is 0 Å². The molecule has 29 heavy (non-hydrogen) atoms. The standard InChI is InChI=1S/C20H38N2O6S/c1-8-14(21-17(24)27-19(2,3)4)13-26-16(29)11-9-10-15(12-23)22-18(25)28-20(5,6)7/h14-15,23H,8-13H2,1-7H3,(H,21,24)(H,22,25)/t14-,15-/m0/s1. The number of hydrogen-bond donors (Lipinski definition) is 3. The van der Waals surface area contributed by atoms with E-state index < -0.39 is 29.4 Å². The number of hydrogen-bond acceptors (Lipinski definition) is 7. The van der Waals surface area contributed by atoms with Crippen molar-refractivity contribution in [1.82, 2.24) is 10.6 Å². The maximum atomic E-state index is 11.8. The summed E-state index contributed by atoms with van der Waals surface area (Å²) in [6.45, 7) is 12.7. The maximum absolute atomic E-state index is 11.8. The van der Waals surface area contributed by atoms with Gasteiger partial charge in [-0.05, 0) is 73.0 Å². The largest absolute Gasteiger partial charge is 0.485 e. The number of thiocarbonyl (C=S) groups is 1. The second kappa shape index (κ2) is 12.8. The maximum Gasteiger partial charge on any atom is 0.407 e. The molecule has 0 aromatic heterocycles. The number of carbonyl (C=O) groups is 2. The Bertz CT molecular complexity index is 528. The van der Waals surface area contributed by atoms with Gasteiger partial charge in [-0.25, -0.2) is 9.59 Å². The molecule has 8 nitrogen and oxygen atoms in total. The van der Waals surface area contributed by atoms with Crippen LogP contribution < -0.4 is 10.6 Å². The Labute approximate surface area is 180 Å². The summed E-state index contributed by atoms with van der Waals surface area (Å²) >= 11 is 5.23. The summed E-state index contributed by atoms with van der Waals surface area (Å²) in [5, 5.41) is 15.2. The van der Waals surface area contributed by atoms with Gasteiger partial charge in [0.05, 0.1) is 18.7 Å². The van der Waals surface area contributed by atoms with Crippen LogP contribution in [0.4, 0.5) is 9.59 Å². The van der Waals surface area contributed by atoms with Gasteiger partial charge in [0.1, 0.15) is 17.8 Å². The van der Waals surface area contributed by atoms with Crippen molar-refractivity contribution < 1.29 is 28.9 Å². The Balaban J connectivity index is 4.20. The van der Waals surface area contributed by atoms with Crippen LogP contribution in [0, 0.1) is 0 Å². The third-order valence-electron chi connectivity index (χ3n) is 3.53. The molecule has 0 heterocycles. The summed E-state index contributed by atoms with van der Waals surface area (Å²) in [6, 6.07) is -0.619. The monoisotopic (exact) mass is 434 g/mol. The van der Waals surface area contributed by atoms with Crippen molar-refractivity contribution in [2.75, 3.05) is 13.2 Å². The van der Waals surface area contributed by atoms with Crippen LogP contribution in [0.1, 0.15) is 74.1 Å². The molecule has 0 aliphatic carbocycles. The van der Waals surface area contributed by atoms with Gasteiger partial charge < -0.3 is 30.0 Å². The number of aliphatic hydroxyl groups excluding tert-OH is 1. The average molecular weight is 435 g/mol. The quantitative estimate of drug-likeness (QED) is 0.450. The highest BCUT2D eigenvalue weighted by molar-refractivity contribution is 7.80. The van der Waals surface area contributed by atoms with Crippen LogP contribution in [0.15, 0.2) is 0 Å². The van der Waals surface area contributed by atoms with Gasteiger partial charge in [-0.2, -0.15) is 0 Å². The van der Waals surface area contributed by atoms with E-state index in [0.717, 1.165) is 0 Å². The second-order valence-corrected chi connectivity index (χ2v) is 9.31. The molecular formula is C20H38N2O6S. The van der Waals surface area contributed by atoms with Gasteiger partial charge in [-0.3, -0.25) is 0 Å². The summed E-state index contributed by atoms with van der Waals surface area (Å²) < 4.78 is 16.0. The van der Waals surface area contributed by atoms with E-state index in [1.807, 2.05) is 6.92 Å². The summed E-state index contributed by atoms with van der Waals surface area (Å²) in [6.07, 6.45) is 1.30. The number of aliphatic hydroxyl groups is 1. The predicted molar refractivity (Wildman–Crippen MR) is 116 cm³/mol. The molecule has 0 saturated carbocycles. The highest BCUT2D eigenvalue weighted by atomic mass is 32.1. The first-order valence-corrected chi connectivity index (χ1v) is 10.4. The summed E-state index contributed by atoms with van der Waals surface area (Å²) in [7, 11) is 0. The van der Waals surface area contributed by atoms with Crippen molar-refractivity contribution in [3.63, 3.8) is 0 Å². The predicted octanol–water partition coefficient (Wildman–Crippen LogP) is 3.69. The smallest absolute Gasteiger partial charge is 0.407 e. The molecule has 3 N–H and O–H groups in total. The summed E-state index contributed by atoms with van der Waals surface area (Å²) in [5.41, 5.74) is -1.15. The summed E-state index contributed by atoms with van der Waals surface area (Å²) in [4.78, 5) is 23.6. The van der Waals surface area contributed by atoms with Crippen molar-refractivity contribution in [3.05, 3.63) is 0 Å². The lowest BCUT2D eigenvalue weighted by Gasteiger charge is -2.23. The fraction of sp³-hybridized carbons (Fsp3) is 0.850. The molecule has 0 aromatic rings. The SMILES string of the molecule is CC[C@@H](COC(=S)CCC[C@@H](CO)NC(=O)OC(C)(C)C)NC(=O)OC(C)(C)C. The molecule has 0 aromatic carbocycles. The van der Waals surface area contributed by atoms with E-state index in [1.165, 1.54) is 0 Å². The first-order chi connectivity index (χ1) is 13.3. The van der Waals surface area contributed by atoms with Gasteiger partial charge in [0.2, 0.25) is 0 Å². The van der Waals surface area contributed by atoms with E-state index in [1.54, 1.807) is 41.5 Å². The minimum atomic E-state index is -0.595. The van der Waals surface area contributed by atoms with Gasteiger partial charge in [-0.1, -0.05) is 6.92 Å². The third kappa shape index (κ3) is 15.9. The second-order valence-electron chi connectivity index (χ2n) is 8.85. The molecule has 0 bridgehead atoms. The number of carbonyl (C=O) groups excluding carboxylic acids is 2. The molecule has 0 aliphatic rings. The van der Waals surface area contributed by atoms with Crippen LogP contribution in [-0.2, 0) is 14.2 Å². The Morgan fingerprint density at radius 2 is 1.45 bits per heavy atom. The summed E-state index contributed by atoms with van der Waals surface area (Å²) in [5.74, 6) is 0. The van der Waals surface area contributed by atoms with Gasteiger partial charge in [-0.15, -0.1) is 0 Å². The van der Waals surface area contributed by atoms with Crippen LogP contribution in [0.3, 0.4) is 0 Å². The lowest BCUT2D eigenvalue weighted by Crippen LogP contribution is -2.41. The Morgan fingerprint density at radius 3 is 1.86 bits per heavy atom. The number of alkyl carbamates (subject to hydrolysis) is 2. The van der Waals surface area contributed by atoms with Crippen molar-refractivity contribution in [3.8, 4) is 0 Å². The zero-order chi connectivity index (χ0) is 22.7. The van der Waals surface area contributed by atoms with Gasteiger partial charge in [0.25, 0.3) is 0 Å². The van der Waals surface area contributed by atoms with Crippen molar-refractivity contribution >= 4 is 29.5 Å². The first-order valence-electron chi connectivity index (χ1n) is 10.0. The van der Waals surface area contributed by atoms with Crippen molar-refractivity contribution in [2.45, 2.75) is 97.4 Å². The highest BCUT2D eigenvalue weighted by Gasteiger charge is 2.20.